The Kier molecular flexibility index (Phi) is 6.52. The van der Waals surface area contributed by atoms with Crippen LogP contribution in [0, 0.1) is 0 Å². The maximum Gasteiger partial charge on any atom is 0.236 e. The van der Waals surface area contributed by atoms with E-state index in [9.17, 15) is 4.79 Å². The maximum atomic E-state index is 11.9. The average Bonchev–Trinajstić information content (AvgIpc) is 2.90. The van der Waals surface area contributed by atoms with Gasteiger partial charge in [-0.3, -0.25) is 4.79 Å². The van der Waals surface area contributed by atoms with Gasteiger partial charge in [-0.25, -0.2) is 0 Å². The highest BCUT2D eigenvalue weighted by atomic mass is 32.1. The summed E-state index contributed by atoms with van der Waals surface area (Å²) >= 11 is 1.77. The Bertz CT molecular complexity index is 374. The molecule has 0 fully saturated rings. The van der Waals surface area contributed by atoms with Gasteiger partial charge in [0.15, 0.2) is 0 Å². The minimum Gasteiger partial charge on any atom is -0.355 e. The molecule has 0 radical (unpaired) electrons. The molecule has 0 spiro atoms. The lowest BCUT2D eigenvalue weighted by Gasteiger charge is -2.26. The summed E-state index contributed by atoms with van der Waals surface area (Å²) in [5.74, 6) is 0.0930. The average molecular weight is 282 g/mol. The van der Waals surface area contributed by atoms with Gasteiger partial charge >= 0.3 is 0 Å². The summed E-state index contributed by atoms with van der Waals surface area (Å²) in [4.78, 5) is 13.2. The summed E-state index contributed by atoms with van der Waals surface area (Å²) in [6.45, 7) is 10.0. The quantitative estimate of drug-likeness (QED) is 0.720. The molecular formula is C15H26N2OS. The first-order chi connectivity index (χ1) is 8.97. The number of hydrogen-bond donors (Lipinski definition) is 2. The summed E-state index contributed by atoms with van der Waals surface area (Å²) in [6, 6.07) is 4.08. The van der Waals surface area contributed by atoms with Crippen LogP contribution < -0.4 is 10.6 Å². The van der Waals surface area contributed by atoms with Crippen molar-refractivity contribution >= 4 is 17.2 Å². The largest absolute Gasteiger partial charge is 0.355 e. The van der Waals surface area contributed by atoms with Crippen LogP contribution in [-0.2, 0) is 10.2 Å². The number of carbonyl (C=O) groups excluding carboxylic acids is 1. The molecule has 3 nitrogen and oxygen atoms in total. The summed E-state index contributed by atoms with van der Waals surface area (Å²) in [5.41, 5.74) is 0.0616. The SMILES string of the molecule is CCCCNC(=O)C(C)NCC(C)(C)c1cccs1. The molecule has 108 valence electrons. The Morgan fingerprint density at radius 1 is 1.47 bits per heavy atom. The molecule has 0 aliphatic carbocycles. The zero-order valence-corrected chi connectivity index (χ0v) is 13.3. The molecule has 1 heterocycles. The zero-order chi connectivity index (χ0) is 14.3. The van der Waals surface area contributed by atoms with Crippen molar-refractivity contribution in [2.24, 2.45) is 0 Å². The van der Waals surface area contributed by atoms with Gasteiger partial charge in [-0.15, -0.1) is 11.3 Å². The molecule has 1 aromatic rings. The molecule has 1 amide bonds. The Labute approximate surface area is 120 Å². The molecule has 0 saturated heterocycles. The van der Waals surface area contributed by atoms with Crippen molar-refractivity contribution in [3.05, 3.63) is 22.4 Å². The van der Waals surface area contributed by atoms with Gasteiger partial charge in [0.2, 0.25) is 5.91 Å². The molecule has 1 atom stereocenters. The molecule has 0 aliphatic rings. The number of unbranched alkanes of at least 4 members (excludes halogenated alkanes) is 1. The molecule has 0 aliphatic heterocycles. The van der Waals surface area contributed by atoms with Crippen LogP contribution in [0.4, 0.5) is 0 Å². The number of hydrogen-bond acceptors (Lipinski definition) is 3. The first-order valence-electron chi connectivity index (χ1n) is 7.02. The van der Waals surface area contributed by atoms with Gasteiger partial charge in [0.1, 0.15) is 0 Å². The van der Waals surface area contributed by atoms with E-state index in [1.165, 1.54) is 4.88 Å². The molecular weight excluding hydrogens is 256 g/mol. The fraction of sp³-hybridized carbons (Fsp3) is 0.667. The summed E-state index contributed by atoms with van der Waals surface area (Å²) in [7, 11) is 0. The van der Waals surface area contributed by atoms with E-state index >= 15 is 0 Å². The van der Waals surface area contributed by atoms with E-state index in [0.717, 1.165) is 25.9 Å². The molecule has 1 aromatic heterocycles. The van der Waals surface area contributed by atoms with Gasteiger partial charge in [0, 0.05) is 23.4 Å². The summed E-state index contributed by atoms with van der Waals surface area (Å²) in [6.07, 6.45) is 2.15. The summed E-state index contributed by atoms with van der Waals surface area (Å²) in [5, 5.41) is 8.38. The fourth-order valence-corrected chi connectivity index (χ4v) is 2.65. The van der Waals surface area contributed by atoms with Crippen LogP contribution in [0.2, 0.25) is 0 Å². The van der Waals surface area contributed by atoms with E-state index in [1.807, 2.05) is 6.92 Å². The molecule has 0 bridgehead atoms. The molecule has 19 heavy (non-hydrogen) atoms. The van der Waals surface area contributed by atoms with Crippen molar-refractivity contribution in [3.63, 3.8) is 0 Å². The van der Waals surface area contributed by atoms with Crippen LogP contribution in [0.5, 0.6) is 0 Å². The Morgan fingerprint density at radius 3 is 2.79 bits per heavy atom. The molecule has 1 rings (SSSR count). The number of amides is 1. The van der Waals surface area contributed by atoms with E-state index in [-0.39, 0.29) is 17.4 Å². The van der Waals surface area contributed by atoms with Gasteiger partial charge < -0.3 is 10.6 Å². The molecule has 1 unspecified atom stereocenters. The third-order valence-corrected chi connectivity index (χ3v) is 4.50. The minimum atomic E-state index is -0.143. The topological polar surface area (TPSA) is 41.1 Å². The number of thiophene rings is 1. The zero-order valence-electron chi connectivity index (χ0n) is 12.5. The molecule has 0 aromatic carbocycles. The molecule has 4 heteroatoms. The van der Waals surface area contributed by atoms with Crippen molar-refractivity contribution in [2.45, 2.75) is 52.0 Å². The first kappa shape index (κ1) is 16.2. The van der Waals surface area contributed by atoms with Crippen LogP contribution >= 0.6 is 11.3 Å². The van der Waals surface area contributed by atoms with Crippen LogP contribution in [0.25, 0.3) is 0 Å². The normalized spacial score (nSPS) is 13.3. The highest BCUT2D eigenvalue weighted by molar-refractivity contribution is 7.10. The van der Waals surface area contributed by atoms with Crippen molar-refractivity contribution in [3.8, 4) is 0 Å². The highest BCUT2D eigenvalue weighted by Gasteiger charge is 2.23. The lowest BCUT2D eigenvalue weighted by Crippen LogP contribution is -2.46. The van der Waals surface area contributed by atoms with Crippen molar-refractivity contribution in [1.29, 1.82) is 0 Å². The van der Waals surface area contributed by atoms with Crippen LogP contribution in [0.3, 0.4) is 0 Å². The minimum absolute atomic E-state index is 0.0616. The number of rotatable bonds is 8. The van der Waals surface area contributed by atoms with Gasteiger partial charge in [-0.05, 0) is 24.8 Å². The maximum absolute atomic E-state index is 11.9. The Morgan fingerprint density at radius 2 is 2.21 bits per heavy atom. The van der Waals surface area contributed by atoms with E-state index in [1.54, 1.807) is 11.3 Å². The van der Waals surface area contributed by atoms with Gasteiger partial charge in [0.05, 0.1) is 6.04 Å². The standard InChI is InChI=1S/C15H26N2OS/c1-5-6-9-16-14(18)12(2)17-11-15(3,4)13-8-7-10-19-13/h7-8,10,12,17H,5-6,9,11H2,1-4H3,(H,16,18). The van der Waals surface area contributed by atoms with Crippen molar-refractivity contribution in [2.75, 3.05) is 13.1 Å². The lowest BCUT2D eigenvalue weighted by molar-refractivity contribution is -0.122. The molecule has 0 saturated carbocycles. The van der Waals surface area contributed by atoms with Crippen LogP contribution in [0.15, 0.2) is 17.5 Å². The predicted octanol–water partition coefficient (Wildman–Crippen LogP) is 2.92. The van der Waals surface area contributed by atoms with Crippen LogP contribution in [-0.4, -0.2) is 25.0 Å². The molecule has 2 N–H and O–H groups in total. The Balaban J connectivity index is 2.37. The number of carbonyl (C=O) groups is 1. The van der Waals surface area contributed by atoms with E-state index in [4.69, 9.17) is 0 Å². The second kappa shape index (κ2) is 7.65. The highest BCUT2D eigenvalue weighted by Crippen LogP contribution is 2.26. The van der Waals surface area contributed by atoms with Crippen LogP contribution in [0.1, 0.15) is 45.4 Å². The van der Waals surface area contributed by atoms with E-state index < -0.39 is 0 Å². The van der Waals surface area contributed by atoms with E-state index in [2.05, 4.69) is 48.9 Å². The smallest absolute Gasteiger partial charge is 0.236 e. The second-order valence-electron chi connectivity index (χ2n) is 5.61. The summed E-state index contributed by atoms with van der Waals surface area (Å²) < 4.78 is 0. The third-order valence-electron chi connectivity index (χ3n) is 3.26. The lowest BCUT2D eigenvalue weighted by atomic mass is 9.91. The monoisotopic (exact) mass is 282 g/mol. The third kappa shape index (κ3) is 5.33. The number of nitrogens with one attached hydrogen (secondary N) is 2. The predicted molar refractivity (Wildman–Crippen MR) is 82.7 cm³/mol. The van der Waals surface area contributed by atoms with Crippen molar-refractivity contribution < 1.29 is 4.79 Å². The fourth-order valence-electron chi connectivity index (χ4n) is 1.79. The van der Waals surface area contributed by atoms with Gasteiger partial charge in [0.25, 0.3) is 0 Å². The van der Waals surface area contributed by atoms with Gasteiger partial charge in [-0.1, -0.05) is 33.3 Å². The van der Waals surface area contributed by atoms with Gasteiger partial charge in [-0.2, -0.15) is 0 Å². The van der Waals surface area contributed by atoms with E-state index in [0.29, 0.717) is 0 Å². The van der Waals surface area contributed by atoms with Crippen molar-refractivity contribution in [1.82, 2.24) is 10.6 Å². The Hall–Kier alpha value is -0.870. The second-order valence-corrected chi connectivity index (χ2v) is 6.56. The first-order valence-corrected chi connectivity index (χ1v) is 7.90.